The second-order valence-electron chi connectivity index (χ2n) is 2.93. The van der Waals surface area contributed by atoms with Gasteiger partial charge in [0.2, 0.25) is 5.91 Å². The van der Waals surface area contributed by atoms with Crippen LogP contribution in [0.1, 0.15) is 19.3 Å². The third-order valence-corrected chi connectivity index (χ3v) is 3.28. The molecule has 1 fully saturated rings. The molecular weight excluding hydrogens is 172 g/mol. The lowest BCUT2D eigenvalue weighted by Gasteiger charge is -2.08. The van der Waals surface area contributed by atoms with Gasteiger partial charge >= 0.3 is 0 Å². The zero-order valence-electron chi connectivity index (χ0n) is 7.21. The zero-order valence-corrected chi connectivity index (χ0v) is 8.03. The molecule has 70 valence electrons. The van der Waals surface area contributed by atoms with Crippen LogP contribution in [0.3, 0.4) is 0 Å². The summed E-state index contributed by atoms with van der Waals surface area (Å²) >= 11 is 1.77. The molecule has 1 atom stereocenters. The van der Waals surface area contributed by atoms with E-state index in [1.54, 1.807) is 11.8 Å². The molecule has 0 spiro atoms. The van der Waals surface area contributed by atoms with Gasteiger partial charge in [0.25, 0.3) is 0 Å². The van der Waals surface area contributed by atoms with Gasteiger partial charge in [-0.15, -0.1) is 11.8 Å². The van der Waals surface area contributed by atoms with Crippen LogP contribution in [0.4, 0.5) is 0 Å². The number of carbonyl (C=O) groups excluding carboxylic acids is 1. The maximum Gasteiger partial charge on any atom is 0.233 e. The van der Waals surface area contributed by atoms with Crippen LogP contribution >= 0.6 is 11.8 Å². The molecule has 1 aliphatic rings. The topological polar surface area (TPSA) is 55.1 Å². The van der Waals surface area contributed by atoms with Crippen molar-refractivity contribution in [2.24, 2.45) is 5.73 Å². The van der Waals surface area contributed by atoms with Crippen molar-refractivity contribution in [3.63, 3.8) is 0 Å². The largest absolute Gasteiger partial charge is 0.355 e. The van der Waals surface area contributed by atoms with Crippen molar-refractivity contribution in [3.05, 3.63) is 0 Å². The molecule has 1 aliphatic heterocycles. The first kappa shape index (κ1) is 9.86. The van der Waals surface area contributed by atoms with Gasteiger partial charge in [0.1, 0.15) is 0 Å². The van der Waals surface area contributed by atoms with Gasteiger partial charge in [-0.2, -0.15) is 0 Å². The van der Waals surface area contributed by atoms with Crippen molar-refractivity contribution in [2.45, 2.75) is 24.5 Å². The highest BCUT2D eigenvalue weighted by Crippen LogP contribution is 2.25. The zero-order chi connectivity index (χ0) is 8.81. The van der Waals surface area contributed by atoms with Crippen molar-refractivity contribution in [1.29, 1.82) is 0 Å². The number of rotatable bonds is 4. The molecule has 1 saturated heterocycles. The van der Waals surface area contributed by atoms with Gasteiger partial charge in [-0.1, -0.05) is 0 Å². The summed E-state index contributed by atoms with van der Waals surface area (Å²) in [4.78, 5) is 11.3. The highest BCUT2D eigenvalue weighted by atomic mass is 32.2. The normalized spacial score (nSPS) is 22.6. The monoisotopic (exact) mass is 188 g/mol. The Hall–Kier alpha value is -0.220. The molecular formula is C8H16N2OS. The van der Waals surface area contributed by atoms with E-state index in [0.717, 1.165) is 25.1 Å². The van der Waals surface area contributed by atoms with Gasteiger partial charge < -0.3 is 11.1 Å². The minimum Gasteiger partial charge on any atom is -0.355 e. The molecule has 0 aromatic carbocycles. The summed E-state index contributed by atoms with van der Waals surface area (Å²) in [6.07, 6.45) is 3.10. The van der Waals surface area contributed by atoms with Crippen molar-refractivity contribution < 1.29 is 4.79 Å². The van der Waals surface area contributed by atoms with Crippen LogP contribution in [0.15, 0.2) is 0 Å². The molecule has 0 aromatic heterocycles. The Bertz CT molecular complexity index is 146. The van der Waals surface area contributed by atoms with Gasteiger partial charge in [0.15, 0.2) is 0 Å². The third kappa shape index (κ3) is 3.03. The highest BCUT2D eigenvalue weighted by Gasteiger charge is 2.22. The van der Waals surface area contributed by atoms with E-state index in [1.165, 1.54) is 6.42 Å². The molecule has 3 N–H and O–H groups in total. The number of nitrogens with one attached hydrogen (secondary N) is 1. The summed E-state index contributed by atoms with van der Waals surface area (Å²) in [5.74, 6) is 1.33. The molecule has 1 unspecified atom stereocenters. The van der Waals surface area contributed by atoms with Crippen LogP contribution in [0.5, 0.6) is 0 Å². The van der Waals surface area contributed by atoms with Crippen molar-refractivity contribution in [3.8, 4) is 0 Å². The second kappa shape index (κ2) is 5.43. The van der Waals surface area contributed by atoms with E-state index in [2.05, 4.69) is 5.32 Å². The first-order valence-corrected chi connectivity index (χ1v) is 5.49. The fourth-order valence-corrected chi connectivity index (χ4v) is 2.40. The SMILES string of the molecule is NCCCNC(=O)C1CCCS1. The van der Waals surface area contributed by atoms with Gasteiger partial charge in [0.05, 0.1) is 5.25 Å². The van der Waals surface area contributed by atoms with Crippen LogP contribution < -0.4 is 11.1 Å². The number of carbonyl (C=O) groups is 1. The lowest BCUT2D eigenvalue weighted by Crippen LogP contribution is -2.32. The van der Waals surface area contributed by atoms with Crippen LogP contribution in [-0.4, -0.2) is 30.0 Å². The Kier molecular flexibility index (Phi) is 4.46. The molecule has 1 heterocycles. The Morgan fingerprint density at radius 3 is 3.08 bits per heavy atom. The maximum atomic E-state index is 11.3. The Morgan fingerprint density at radius 1 is 1.67 bits per heavy atom. The third-order valence-electron chi connectivity index (χ3n) is 1.90. The van der Waals surface area contributed by atoms with Gasteiger partial charge in [0, 0.05) is 6.54 Å². The van der Waals surface area contributed by atoms with Crippen molar-refractivity contribution in [1.82, 2.24) is 5.32 Å². The van der Waals surface area contributed by atoms with E-state index in [9.17, 15) is 4.79 Å². The van der Waals surface area contributed by atoms with Crippen LogP contribution in [0, 0.1) is 0 Å². The Morgan fingerprint density at radius 2 is 2.50 bits per heavy atom. The summed E-state index contributed by atoms with van der Waals surface area (Å²) in [6, 6.07) is 0. The number of amides is 1. The van der Waals surface area contributed by atoms with Crippen LogP contribution in [0.25, 0.3) is 0 Å². The molecule has 12 heavy (non-hydrogen) atoms. The molecule has 0 saturated carbocycles. The minimum atomic E-state index is 0.200. The first-order chi connectivity index (χ1) is 5.84. The number of hydrogen-bond acceptors (Lipinski definition) is 3. The fraction of sp³-hybridized carbons (Fsp3) is 0.875. The average molecular weight is 188 g/mol. The van der Waals surface area contributed by atoms with Gasteiger partial charge in [-0.05, 0) is 31.6 Å². The first-order valence-electron chi connectivity index (χ1n) is 4.44. The molecule has 1 amide bonds. The number of thioether (sulfide) groups is 1. The van der Waals surface area contributed by atoms with E-state index >= 15 is 0 Å². The predicted octanol–water partition coefficient (Wildman–Crippen LogP) is 0.347. The molecule has 0 bridgehead atoms. The second-order valence-corrected chi connectivity index (χ2v) is 4.25. The molecule has 0 aliphatic carbocycles. The predicted molar refractivity (Wildman–Crippen MR) is 52.2 cm³/mol. The fourth-order valence-electron chi connectivity index (χ4n) is 1.21. The van der Waals surface area contributed by atoms with E-state index in [1.807, 2.05) is 0 Å². The van der Waals surface area contributed by atoms with E-state index in [0.29, 0.717) is 6.54 Å². The lowest BCUT2D eigenvalue weighted by molar-refractivity contribution is -0.120. The Balaban J connectivity index is 2.10. The molecule has 1 rings (SSSR count). The van der Waals surface area contributed by atoms with E-state index in [4.69, 9.17) is 5.73 Å². The number of hydrogen-bond donors (Lipinski definition) is 2. The molecule has 4 heteroatoms. The maximum absolute atomic E-state index is 11.3. The summed E-state index contributed by atoms with van der Waals surface area (Å²) in [6.45, 7) is 1.38. The summed E-state index contributed by atoms with van der Waals surface area (Å²) < 4.78 is 0. The van der Waals surface area contributed by atoms with Crippen LogP contribution in [-0.2, 0) is 4.79 Å². The minimum absolute atomic E-state index is 0.200. The lowest BCUT2D eigenvalue weighted by atomic mass is 10.2. The molecule has 0 radical (unpaired) electrons. The smallest absolute Gasteiger partial charge is 0.233 e. The van der Waals surface area contributed by atoms with Gasteiger partial charge in [-0.3, -0.25) is 4.79 Å². The average Bonchev–Trinajstić information content (AvgIpc) is 2.56. The standard InChI is InChI=1S/C8H16N2OS/c9-4-2-5-10-8(11)7-3-1-6-12-7/h7H,1-6,9H2,(H,10,11). The Labute approximate surface area is 77.5 Å². The number of nitrogens with two attached hydrogens (primary N) is 1. The van der Waals surface area contributed by atoms with Crippen molar-refractivity contribution >= 4 is 17.7 Å². The quantitative estimate of drug-likeness (QED) is 0.626. The van der Waals surface area contributed by atoms with E-state index in [-0.39, 0.29) is 11.2 Å². The van der Waals surface area contributed by atoms with Gasteiger partial charge in [-0.25, -0.2) is 0 Å². The molecule has 0 aromatic rings. The van der Waals surface area contributed by atoms with E-state index < -0.39 is 0 Å². The molecule has 3 nitrogen and oxygen atoms in total. The highest BCUT2D eigenvalue weighted by molar-refractivity contribution is 8.00. The van der Waals surface area contributed by atoms with Crippen molar-refractivity contribution in [2.75, 3.05) is 18.8 Å². The summed E-state index contributed by atoms with van der Waals surface area (Å²) in [7, 11) is 0. The summed E-state index contributed by atoms with van der Waals surface area (Å²) in [5.41, 5.74) is 5.31. The van der Waals surface area contributed by atoms with Crippen LogP contribution in [0.2, 0.25) is 0 Å². The summed E-state index contributed by atoms with van der Waals surface area (Å²) in [5, 5.41) is 3.10.